The summed E-state index contributed by atoms with van der Waals surface area (Å²) < 4.78 is 7.95. The molecule has 0 radical (unpaired) electrons. The molecule has 1 saturated heterocycles. The van der Waals surface area contributed by atoms with Crippen LogP contribution in [0.15, 0.2) is 11.6 Å². The Hall–Kier alpha value is -1.11. The molecule has 0 amide bonds. The Bertz CT molecular complexity index is 586. The van der Waals surface area contributed by atoms with Crippen LogP contribution in [-0.2, 0) is 11.3 Å². The summed E-state index contributed by atoms with van der Waals surface area (Å²) in [5, 5.41) is 5.59. The fraction of sp³-hybridized carbons (Fsp3) is 0.667. The van der Waals surface area contributed by atoms with Crippen LogP contribution in [-0.4, -0.2) is 41.7 Å². The zero-order valence-electron chi connectivity index (χ0n) is 13.0. The van der Waals surface area contributed by atoms with E-state index in [1.807, 2.05) is 0 Å². The molecule has 1 atom stereocenters. The number of rotatable bonds is 6. The molecule has 5 nitrogen and oxygen atoms in total. The van der Waals surface area contributed by atoms with E-state index < -0.39 is 0 Å². The smallest absolute Gasteiger partial charge is 0.195 e. The van der Waals surface area contributed by atoms with E-state index in [-0.39, 0.29) is 0 Å². The number of ether oxygens (including phenoxy) is 1. The van der Waals surface area contributed by atoms with Gasteiger partial charge in [-0.05, 0) is 12.8 Å². The van der Waals surface area contributed by atoms with Crippen LogP contribution in [0.2, 0.25) is 0 Å². The van der Waals surface area contributed by atoms with Gasteiger partial charge in [0, 0.05) is 44.4 Å². The Morgan fingerprint density at radius 3 is 3.14 bits per heavy atom. The summed E-state index contributed by atoms with van der Waals surface area (Å²) in [7, 11) is 2.12. The summed E-state index contributed by atoms with van der Waals surface area (Å²) in [6.45, 7) is 6.99. The van der Waals surface area contributed by atoms with Gasteiger partial charge >= 0.3 is 0 Å². The summed E-state index contributed by atoms with van der Waals surface area (Å²) in [6.07, 6.45) is 4.79. The minimum Gasteiger partial charge on any atom is -0.376 e. The maximum absolute atomic E-state index is 5.75. The van der Waals surface area contributed by atoms with E-state index >= 15 is 0 Å². The average molecular weight is 308 g/mol. The number of hydrogen-bond donors (Lipinski definition) is 1. The van der Waals surface area contributed by atoms with Crippen LogP contribution in [0.4, 0.5) is 5.82 Å². The third-order valence-corrected chi connectivity index (χ3v) is 4.64. The van der Waals surface area contributed by atoms with Gasteiger partial charge in [-0.1, -0.05) is 13.8 Å². The van der Waals surface area contributed by atoms with Crippen LogP contribution >= 0.6 is 11.3 Å². The molecule has 3 rings (SSSR count). The Morgan fingerprint density at radius 2 is 2.43 bits per heavy atom. The van der Waals surface area contributed by atoms with Gasteiger partial charge < -0.3 is 15.0 Å². The second-order valence-corrected chi connectivity index (χ2v) is 6.86. The van der Waals surface area contributed by atoms with E-state index in [9.17, 15) is 0 Å². The molecule has 2 aromatic rings. The first-order chi connectivity index (χ1) is 10.1. The van der Waals surface area contributed by atoms with Crippen LogP contribution in [0.3, 0.4) is 0 Å². The lowest BCUT2D eigenvalue weighted by atomic mass is 10.2. The van der Waals surface area contributed by atoms with E-state index in [0.717, 1.165) is 36.9 Å². The number of nitrogens with zero attached hydrogens (tertiary/aromatic N) is 3. The van der Waals surface area contributed by atoms with Crippen molar-refractivity contribution in [1.82, 2.24) is 14.7 Å². The van der Waals surface area contributed by atoms with Gasteiger partial charge in [0.1, 0.15) is 0 Å². The van der Waals surface area contributed by atoms with Crippen molar-refractivity contribution in [3.8, 4) is 0 Å². The van der Waals surface area contributed by atoms with Crippen molar-refractivity contribution in [3.63, 3.8) is 0 Å². The largest absolute Gasteiger partial charge is 0.376 e. The first kappa shape index (κ1) is 14.8. The molecule has 0 bridgehead atoms. The molecule has 1 aliphatic heterocycles. The van der Waals surface area contributed by atoms with E-state index in [1.54, 1.807) is 11.3 Å². The van der Waals surface area contributed by atoms with E-state index in [4.69, 9.17) is 9.72 Å². The van der Waals surface area contributed by atoms with Crippen LogP contribution in [0.1, 0.15) is 32.4 Å². The maximum Gasteiger partial charge on any atom is 0.195 e. The van der Waals surface area contributed by atoms with Gasteiger partial charge in [0.2, 0.25) is 0 Å². The lowest BCUT2D eigenvalue weighted by Crippen LogP contribution is -2.30. The SMILES string of the molecule is CC(C)NCc1c(N(C)CC2CCCO2)nc2sccn12. The zero-order valence-corrected chi connectivity index (χ0v) is 13.8. The molecule has 0 aliphatic carbocycles. The molecule has 0 aromatic carbocycles. The normalized spacial score (nSPS) is 19.0. The molecule has 6 heteroatoms. The third-order valence-electron chi connectivity index (χ3n) is 3.88. The van der Waals surface area contributed by atoms with Crippen molar-refractivity contribution in [2.45, 2.75) is 45.4 Å². The van der Waals surface area contributed by atoms with Crippen molar-refractivity contribution < 1.29 is 4.74 Å². The number of likely N-dealkylation sites (N-methyl/N-ethyl adjacent to an activating group) is 1. The Labute approximate surface area is 129 Å². The van der Waals surface area contributed by atoms with Gasteiger partial charge in [0.25, 0.3) is 0 Å². The van der Waals surface area contributed by atoms with Gasteiger partial charge in [-0.3, -0.25) is 4.40 Å². The molecule has 21 heavy (non-hydrogen) atoms. The fourth-order valence-electron chi connectivity index (χ4n) is 2.77. The second kappa shape index (κ2) is 6.34. The van der Waals surface area contributed by atoms with Gasteiger partial charge in [-0.15, -0.1) is 11.3 Å². The Kier molecular flexibility index (Phi) is 4.47. The highest BCUT2D eigenvalue weighted by molar-refractivity contribution is 7.15. The molecule has 3 heterocycles. The maximum atomic E-state index is 5.75. The Balaban J connectivity index is 1.81. The van der Waals surface area contributed by atoms with E-state index in [0.29, 0.717) is 12.1 Å². The summed E-state index contributed by atoms with van der Waals surface area (Å²) in [5.74, 6) is 1.07. The molecular weight excluding hydrogens is 284 g/mol. The van der Waals surface area contributed by atoms with Crippen molar-refractivity contribution in [1.29, 1.82) is 0 Å². The predicted octanol–water partition coefficient (Wildman–Crippen LogP) is 2.51. The minimum atomic E-state index is 0.348. The summed E-state index contributed by atoms with van der Waals surface area (Å²) in [6, 6.07) is 0.463. The number of hydrogen-bond acceptors (Lipinski definition) is 5. The van der Waals surface area contributed by atoms with Crippen LogP contribution in [0.25, 0.3) is 4.96 Å². The van der Waals surface area contributed by atoms with E-state index in [1.165, 1.54) is 12.1 Å². The number of imidazole rings is 1. The lowest BCUT2D eigenvalue weighted by Gasteiger charge is -2.22. The van der Waals surface area contributed by atoms with Gasteiger partial charge in [0.05, 0.1) is 11.8 Å². The molecule has 1 fully saturated rings. The molecule has 1 unspecified atom stereocenters. The van der Waals surface area contributed by atoms with Gasteiger partial charge in [-0.2, -0.15) is 0 Å². The van der Waals surface area contributed by atoms with E-state index in [2.05, 4.69) is 47.1 Å². The van der Waals surface area contributed by atoms with Crippen molar-refractivity contribution >= 4 is 22.1 Å². The van der Waals surface area contributed by atoms with Gasteiger partial charge in [0.15, 0.2) is 10.8 Å². The number of aromatic nitrogens is 2. The lowest BCUT2D eigenvalue weighted by molar-refractivity contribution is 0.116. The number of nitrogens with one attached hydrogen (secondary N) is 1. The van der Waals surface area contributed by atoms with Crippen LogP contribution in [0.5, 0.6) is 0 Å². The highest BCUT2D eigenvalue weighted by Gasteiger charge is 2.22. The molecule has 0 saturated carbocycles. The Morgan fingerprint density at radius 1 is 1.57 bits per heavy atom. The summed E-state index contributed by atoms with van der Waals surface area (Å²) >= 11 is 1.68. The molecular formula is C15H24N4OS. The molecule has 0 spiro atoms. The van der Waals surface area contributed by atoms with Crippen molar-refractivity contribution in [3.05, 3.63) is 17.3 Å². The topological polar surface area (TPSA) is 41.8 Å². The monoisotopic (exact) mass is 308 g/mol. The predicted molar refractivity (Wildman–Crippen MR) is 87.3 cm³/mol. The minimum absolute atomic E-state index is 0.348. The second-order valence-electron chi connectivity index (χ2n) is 5.99. The highest BCUT2D eigenvalue weighted by Crippen LogP contribution is 2.25. The van der Waals surface area contributed by atoms with Crippen LogP contribution in [0, 0.1) is 0 Å². The highest BCUT2D eigenvalue weighted by atomic mass is 32.1. The molecule has 2 aromatic heterocycles. The van der Waals surface area contributed by atoms with Crippen molar-refractivity contribution in [2.24, 2.45) is 0 Å². The van der Waals surface area contributed by atoms with Crippen LogP contribution < -0.4 is 10.2 Å². The zero-order chi connectivity index (χ0) is 14.8. The third kappa shape index (κ3) is 3.22. The number of anilines is 1. The molecule has 1 N–H and O–H groups in total. The number of fused-ring (bicyclic) bond motifs is 1. The molecule has 116 valence electrons. The standard InChI is InChI=1S/C15H24N4OS/c1-11(2)16-9-13-14(17-15-19(13)6-8-21-15)18(3)10-12-5-4-7-20-12/h6,8,11-12,16H,4-5,7,9-10H2,1-3H3. The number of thiazole rings is 1. The quantitative estimate of drug-likeness (QED) is 0.890. The molecule has 1 aliphatic rings. The first-order valence-corrected chi connectivity index (χ1v) is 8.53. The fourth-order valence-corrected chi connectivity index (χ4v) is 3.50. The van der Waals surface area contributed by atoms with Gasteiger partial charge in [-0.25, -0.2) is 4.98 Å². The summed E-state index contributed by atoms with van der Waals surface area (Å²) in [5.41, 5.74) is 1.24. The average Bonchev–Trinajstić information content (AvgIpc) is 3.12. The summed E-state index contributed by atoms with van der Waals surface area (Å²) in [4.78, 5) is 8.11. The first-order valence-electron chi connectivity index (χ1n) is 7.65. The van der Waals surface area contributed by atoms with Crippen molar-refractivity contribution in [2.75, 3.05) is 25.1 Å².